The molecule has 7 heavy (non-hydrogen) atoms. The number of hydrogen-bond acceptors (Lipinski definition) is 2. The van der Waals surface area contributed by atoms with Crippen molar-refractivity contribution in [3.05, 3.63) is 0 Å². The Balaban J connectivity index is -0.0000000480. The summed E-state index contributed by atoms with van der Waals surface area (Å²) in [6.45, 7) is 3.25. The van der Waals surface area contributed by atoms with E-state index in [2.05, 4.69) is 6.79 Å². The van der Waals surface area contributed by atoms with Gasteiger partial charge in [-0.2, -0.15) is 0 Å². The molecule has 0 aromatic carbocycles. The van der Waals surface area contributed by atoms with Crippen LogP contribution in [0, 0.1) is 0 Å². The van der Waals surface area contributed by atoms with Gasteiger partial charge in [0.15, 0.2) is 0 Å². The van der Waals surface area contributed by atoms with Gasteiger partial charge in [0.2, 0.25) is 0 Å². The van der Waals surface area contributed by atoms with E-state index in [0.717, 1.165) is 0 Å². The van der Waals surface area contributed by atoms with Gasteiger partial charge in [0.05, 0.1) is 0 Å². The van der Waals surface area contributed by atoms with Crippen LogP contribution in [0.5, 0.6) is 0 Å². The van der Waals surface area contributed by atoms with Gasteiger partial charge in [0.25, 0.3) is 0 Å². The Morgan fingerprint density at radius 2 is 1.29 bits per heavy atom. The molecule has 0 rings (SSSR count). The first-order chi connectivity index (χ1) is 2.73. The van der Waals surface area contributed by atoms with E-state index in [9.17, 15) is 0 Å². The molecule has 0 saturated carbocycles. The normalized spacial score (nSPS) is 4.29. The molecule has 44 valence electrons. The second-order valence-corrected chi connectivity index (χ2v) is 0.758. The van der Waals surface area contributed by atoms with Gasteiger partial charge in [-0.15, -0.1) is 9.79 Å². The fraction of sp³-hybridized carbons (Fsp3) is 0. The Hall–Kier alpha value is 0.209. The Morgan fingerprint density at radius 3 is 1.29 bits per heavy atom. The van der Waals surface area contributed by atoms with Crippen LogP contribution in [0.4, 0.5) is 0 Å². The Kier molecular flexibility index (Phi) is 36.7. The largest absolute Gasteiger partial charge is 0.692 e. The molecule has 0 spiro atoms. The molecule has 0 aromatic rings. The monoisotopic (exact) mass is 166 g/mol. The van der Waals surface area contributed by atoms with Gasteiger partial charge < -0.3 is 4.79 Å². The molecule has 0 aromatic heterocycles. The smallest absolute Gasteiger partial charge is 0.545 e. The minimum atomic E-state index is -2.87. The summed E-state index contributed by atoms with van der Waals surface area (Å²) in [6, 6.07) is 0. The summed E-state index contributed by atoms with van der Waals surface area (Å²) in [6.07, 6.45) is 0. The zero-order valence-corrected chi connectivity index (χ0v) is 5.09. The van der Waals surface area contributed by atoms with Gasteiger partial charge in [0.1, 0.15) is 0 Å². The van der Waals surface area contributed by atoms with Crippen LogP contribution in [-0.4, -0.2) is 16.6 Å². The molecule has 0 amide bonds. The van der Waals surface area contributed by atoms with Crippen LogP contribution in [-0.2, 0) is 26.4 Å². The van der Waals surface area contributed by atoms with Crippen LogP contribution in [0.25, 0.3) is 0 Å². The number of rotatable bonds is 0. The first-order valence-corrected chi connectivity index (χ1v) is 1.98. The molecule has 4 nitrogen and oxygen atoms in total. The molecule has 0 radical (unpaired) electrons. The van der Waals surface area contributed by atoms with Gasteiger partial charge in [-0.05, 0) is 0 Å². The Labute approximate surface area is 52.0 Å². The molecule has 6 heteroatoms. The quantitative estimate of drug-likeness (QED) is 0.217. The molecule has 0 saturated heterocycles. The van der Waals surface area contributed by atoms with Crippen LogP contribution in [0.3, 0.4) is 0 Å². The predicted octanol–water partition coefficient (Wildman–Crippen LogP) is -0.648. The van der Waals surface area contributed by atoms with E-state index in [1.165, 1.54) is 0 Å². The van der Waals surface area contributed by atoms with E-state index in [0.29, 0.717) is 0 Å². The first kappa shape index (κ1) is 15.7. The summed E-state index contributed by atoms with van der Waals surface area (Å²) < 4.78 is 8.70. The number of hydrogen-bond donors (Lipinski definition) is 2. The molecular weight excluding hydrogens is 163 g/mol. The van der Waals surface area contributed by atoms with E-state index in [1.807, 2.05) is 0 Å². The van der Waals surface area contributed by atoms with Crippen molar-refractivity contribution in [3.8, 4) is 0 Å². The molecular formula is CH3FeO4P. The minimum Gasteiger partial charge on any atom is -0.545 e. The minimum absolute atomic E-state index is 0. The third-order valence-electron chi connectivity index (χ3n) is 0. The summed E-state index contributed by atoms with van der Waals surface area (Å²) in [5.41, 5.74) is 0. The third-order valence-corrected chi connectivity index (χ3v) is 0. The number of carbonyl (C=O) groups excluding carboxylic acids is 1. The molecule has 0 aliphatic carbocycles. The third kappa shape index (κ3) is 2510. The summed E-state index contributed by atoms with van der Waals surface area (Å²) >= 11 is 0. The molecule has 0 atom stereocenters. The van der Waals surface area contributed by atoms with Gasteiger partial charge >= 0.3 is 8.25 Å². The van der Waals surface area contributed by atoms with Gasteiger partial charge in [-0.3, -0.25) is 6.79 Å². The van der Waals surface area contributed by atoms with Crippen LogP contribution >= 0.6 is 8.25 Å². The summed E-state index contributed by atoms with van der Waals surface area (Å²) in [5, 5.41) is 0. The summed E-state index contributed by atoms with van der Waals surface area (Å²) in [7, 11) is -2.87. The maximum absolute atomic E-state index is 8.70. The van der Waals surface area contributed by atoms with Crippen LogP contribution in [0.1, 0.15) is 0 Å². The van der Waals surface area contributed by atoms with Crippen molar-refractivity contribution in [1.82, 2.24) is 0 Å². The van der Waals surface area contributed by atoms with Crippen molar-refractivity contribution in [2.75, 3.05) is 0 Å². The first-order valence-electron chi connectivity index (χ1n) is 0.818. The van der Waals surface area contributed by atoms with E-state index in [1.54, 1.807) is 0 Å². The zero-order chi connectivity index (χ0) is 5.58. The fourth-order valence-electron chi connectivity index (χ4n) is 0. The molecule has 0 fully saturated rings. The van der Waals surface area contributed by atoms with Crippen molar-refractivity contribution in [2.45, 2.75) is 0 Å². The predicted molar refractivity (Wildman–Crippen MR) is 18.8 cm³/mol. The molecule has 0 aliphatic rings. The molecule has 0 heterocycles. The topological polar surface area (TPSA) is 74.6 Å². The molecule has 2 N–H and O–H groups in total. The molecule has 0 aliphatic heterocycles. The maximum atomic E-state index is 8.70. The molecule has 0 unspecified atom stereocenters. The average Bonchev–Trinajstić information content (AvgIpc) is 1.41. The fourth-order valence-corrected chi connectivity index (χ4v) is 0. The van der Waals surface area contributed by atoms with E-state index < -0.39 is 8.25 Å². The Bertz CT molecular complexity index is 43.0. The van der Waals surface area contributed by atoms with Crippen LogP contribution in [0.15, 0.2) is 0 Å². The average molecular weight is 166 g/mol. The SMILES string of the molecule is O=[P+](O)O.[CH-]=O.[Fe]. The van der Waals surface area contributed by atoms with Crippen molar-refractivity contribution in [3.63, 3.8) is 0 Å². The van der Waals surface area contributed by atoms with E-state index >= 15 is 0 Å². The van der Waals surface area contributed by atoms with Gasteiger partial charge in [-0.25, -0.2) is 0 Å². The standard InChI is InChI=1S/CHO.Fe.HO3P/c1-2;;1-4(2)3/h1H;;(H-,1,2,3)/q-1;;/p+1. The second-order valence-electron chi connectivity index (χ2n) is 0.253. The molecule has 0 bridgehead atoms. The summed E-state index contributed by atoms with van der Waals surface area (Å²) in [5.74, 6) is 0. The van der Waals surface area contributed by atoms with Gasteiger partial charge in [-0.1, -0.05) is 0 Å². The summed E-state index contributed by atoms with van der Waals surface area (Å²) in [4.78, 5) is 22.0. The van der Waals surface area contributed by atoms with Crippen LogP contribution < -0.4 is 0 Å². The second kappa shape index (κ2) is 16.4. The van der Waals surface area contributed by atoms with Crippen LogP contribution in [0.2, 0.25) is 0 Å². The van der Waals surface area contributed by atoms with Crippen molar-refractivity contribution < 1.29 is 36.2 Å². The van der Waals surface area contributed by atoms with E-state index in [4.69, 9.17) is 19.1 Å². The zero-order valence-electron chi connectivity index (χ0n) is 3.09. The van der Waals surface area contributed by atoms with Gasteiger partial charge in [0, 0.05) is 21.6 Å². The maximum Gasteiger partial charge on any atom is 0.692 e. The Morgan fingerprint density at radius 1 is 1.29 bits per heavy atom. The van der Waals surface area contributed by atoms with Crippen molar-refractivity contribution in [1.29, 1.82) is 0 Å². The van der Waals surface area contributed by atoms with Crippen molar-refractivity contribution >= 4 is 15.0 Å². The van der Waals surface area contributed by atoms with Crippen molar-refractivity contribution in [2.24, 2.45) is 0 Å². The van der Waals surface area contributed by atoms with E-state index in [-0.39, 0.29) is 17.1 Å².